The Labute approximate surface area is 294 Å². The van der Waals surface area contributed by atoms with Crippen molar-refractivity contribution < 1.29 is 80.5 Å². The van der Waals surface area contributed by atoms with Crippen molar-refractivity contribution in [2.75, 3.05) is 24.7 Å². The lowest BCUT2D eigenvalue weighted by molar-refractivity contribution is -0.745. The van der Waals surface area contributed by atoms with Crippen molar-refractivity contribution >= 4 is 57.6 Å². The normalized spacial score (nSPS) is 29.3. The summed E-state index contributed by atoms with van der Waals surface area (Å²) in [5.41, 5.74) is 10.8. The number of nitrogens with one attached hydrogen (secondary N) is 1. The van der Waals surface area contributed by atoms with E-state index in [9.17, 15) is 53.6 Å². The van der Waals surface area contributed by atoms with Crippen molar-refractivity contribution in [3.05, 3.63) is 29.3 Å². The minimum absolute atomic E-state index is 0. The van der Waals surface area contributed by atoms with Crippen molar-refractivity contribution in [1.29, 1.82) is 0 Å². The van der Waals surface area contributed by atoms with Gasteiger partial charge in [0.15, 0.2) is 24.0 Å². The van der Waals surface area contributed by atoms with Gasteiger partial charge in [0.05, 0.1) is 26.6 Å². The minimum atomic E-state index is -6.35. The molecule has 2 aliphatic heterocycles. The Morgan fingerprint density at radius 1 is 0.906 bits per heavy atom. The van der Waals surface area contributed by atoms with E-state index >= 15 is 0 Å². The van der Waals surface area contributed by atoms with Crippen LogP contribution in [-0.2, 0) is 47.9 Å². The number of ether oxygens (including phenoxy) is 2. The number of aromatic nitrogens is 8. The van der Waals surface area contributed by atoms with Crippen LogP contribution in [0.1, 0.15) is 12.5 Å². The lowest BCUT2D eigenvalue weighted by Gasteiger charge is -2.34. The summed E-state index contributed by atoms with van der Waals surface area (Å²) in [6.07, 6.45) is -9.81. The molecule has 0 aromatic carbocycles. The molecule has 29 nitrogen and oxygen atoms in total. The lowest BCUT2D eigenvalue weighted by Crippen LogP contribution is -2.46. The smallest absolute Gasteiger partial charge is 0.313 e. The number of hydrogen-bond acceptors (Lipinski definition) is 23. The first-order valence-electron chi connectivity index (χ1n) is 14.1. The summed E-state index contributed by atoms with van der Waals surface area (Å²) >= 11 is 0. The number of aromatic amines is 1. The number of aliphatic hydroxyl groups is 4. The Morgan fingerprint density at radius 2 is 1.49 bits per heavy atom. The van der Waals surface area contributed by atoms with Gasteiger partial charge in [-0.25, -0.2) is 28.1 Å². The van der Waals surface area contributed by atoms with Crippen LogP contribution in [0.5, 0.6) is 0 Å². The topological polar surface area (TPSA) is 480 Å². The number of anilines is 2. The number of phosphoric acid groups is 3. The van der Waals surface area contributed by atoms with Crippen LogP contribution in [-0.4, -0.2) is 104 Å². The summed E-state index contributed by atoms with van der Waals surface area (Å²) in [4.78, 5) is 67.1. The molecule has 2 aliphatic rings. The SMILES string of the molecule is Cn1c[n+]([C@@H]2O[C@H](COP(=O)([O-])OP(=O)([O-])OP(=O)([O-])OC[C@H]3O[C@@H](n4cnc5c(N)ncnc54)[C@H](O)[C@@H]3O)[C@@H](O)[C@H]2O)c2nc(N)[nH]c(=O)c21.[NH4+].[NH4+]. The molecule has 0 aliphatic carbocycles. The number of imidazole rings is 2. The van der Waals surface area contributed by atoms with Crippen molar-refractivity contribution in [3.63, 3.8) is 0 Å². The van der Waals surface area contributed by atoms with Gasteiger partial charge in [-0.15, -0.1) is 0 Å². The van der Waals surface area contributed by atoms with E-state index in [2.05, 4.69) is 42.6 Å². The molecule has 6 heterocycles. The van der Waals surface area contributed by atoms with Gasteiger partial charge < -0.3 is 77.4 Å². The molecule has 4 aromatic heterocycles. The predicted molar refractivity (Wildman–Crippen MR) is 166 cm³/mol. The Bertz CT molecular complexity index is 2170. The fraction of sp³-hybridized carbons (Fsp3) is 0.524. The molecular weight excluding hydrogens is 785 g/mol. The average Bonchev–Trinajstić information content (AvgIpc) is 3.74. The van der Waals surface area contributed by atoms with Gasteiger partial charge in [0, 0.05) is 0 Å². The molecule has 2 fully saturated rings. The van der Waals surface area contributed by atoms with Gasteiger partial charge in [-0.1, -0.05) is 4.98 Å². The quantitative estimate of drug-likeness (QED) is 0.0477. The third-order valence-electron chi connectivity index (χ3n) is 7.59. The molecule has 2 saturated heterocycles. The summed E-state index contributed by atoms with van der Waals surface area (Å²) in [5, 5.41) is 41.9. The van der Waals surface area contributed by atoms with E-state index in [1.54, 1.807) is 0 Å². The van der Waals surface area contributed by atoms with Gasteiger partial charge in [-0.05, 0) is 0 Å². The first kappa shape index (κ1) is 42.3. The standard InChI is InChI=1S/C21H29N10O17P3.2H3N/c1-29-6-31(17-10(29)18(36)28-21(23)27-17)20-14(35)12(33)8(46-20)3-44-50(39,40)48-51(41,42)47-49(37,38)43-2-7-11(32)13(34)19(45-7)30-5-26-9-15(22)24-4-25-16(9)30;;/h4-8,11-14,19-20,32-35H,2-3H2,1H3,(H7-,22,23,24,25,27,28,36,37,38,39,40,41,42);2*1H3/t7-,8-,11-,12-,13-,14-,19-,20-;;/m1../s1. The highest BCUT2D eigenvalue weighted by molar-refractivity contribution is 7.65. The number of hydrogen-bond donors (Lipinski definition) is 9. The van der Waals surface area contributed by atoms with E-state index in [0.717, 1.165) is 21.8 Å². The zero-order valence-corrected chi connectivity index (χ0v) is 30.2. The second-order valence-electron chi connectivity index (χ2n) is 11.0. The highest BCUT2D eigenvalue weighted by atomic mass is 31.3. The molecule has 17 N–H and O–H groups in total. The molecule has 3 unspecified atom stereocenters. The number of fused-ring (bicyclic) bond motifs is 2. The third-order valence-corrected chi connectivity index (χ3v) is 11.7. The number of phosphoric ester groups is 2. The molecule has 0 amide bonds. The minimum Gasteiger partial charge on any atom is -0.756 e. The maximum atomic E-state index is 12.3. The van der Waals surface area contributed by atoms with Gasteiger partial charge in [0.1, 0.15) is 48.5 Å². The Balaban J connectivity index is 0.00000314. The number of quaternary nitrogens is 2. The summed E-state index contributed by atoms with van der Waals surface area (Å²) in [7, 11) is -16.9. The number of H-pyrrole nitrogens is 1. The Kier molecular flexibility index (Phi) is 12.3. The maximum absolute atomic E-state index is 12.3. The first-order valence-corrected chi connectivity index (χ1v) is 18.5. The van der Waals surface area contributed by atoms with Crippen LogP contribution < -0.4 is 48.6 Å². The highest BCUT2D eigenvalue weighted by Crippen LogP contribution is 2.63. The Hall–Kier alpha value is -3.41. The van der Waals surface area contributed by atoms with Crippen LogP contribution in [0.15, 0.2) is 23.8 Å². The monoisotopic (exact) mass is 820 g/mol. The molecule has 4 aromatic rings. The lowest BCUT2D eigenvalue weighted by atomic mass is 10.1. The fourth-order valence-electron chi connectivity index (χ4n) is 5.34. The molecule has 0 radical (unpaired) electrons. The van der Waals surface area contributed by atoms with Gasteiger partial charge in [0.25, 0.3) is 35.0 Å². The van der Waals surface area contributed by atoms with E-state index in [0.29, 0.717) is 0 Å². The van der Waals surface area contributed by atoms with Crippen LogP contribution in [0.2, 0.25) is 0 Å². The first-order chi connectivity index (χ1) is 23.8. The van der Waals surface area contributed by atoms with Crippen LogP contribution in [0.4, 0.5) is 11.8 Å². The molecule has 0 spiro atoms. The summed E-state index contributed by atoms with van der Waals surface area (Å²) < 4.78 is 67.8. The molecule has 11 atom stereocenters. The highest BCUT2D eigenvalue weighted by Gasteiger charge is 2.48. The second-order valence-corrected chi connectivity index (χ2v) is 15.5. The van der Waals surface area contributed by atoms with Gasteiger partial charge in [-0.3, -0.25) is 32.6 Å². The molecular formula is C21H35N12O17P3. The number of nitrogens with two attached hydrogens (primary N) is 2. The zero-order valence-electron chi connectivity index (χ0n) is 27.5. The fourth-order valence-corrected chi connectivity index (χ4v) is 8.72. The van der Waals surface area contributed by atoms with E-state index < -0.39 is 91.3 Å². The number of nitrogen functional groups attached to an aromatic ring is 2. The van der Waals surface area contributed by atoms with Gasteiger partial charge >= 0.3 is 5.65 Å². The second kappa shape index (κ2) is 15.4. The number of rotatable bonds is 12. The average molecular weight is 821 g/mol. The van der Waals surface area contributed by atoms with Crippen LogP contribution in [0.3, 0.4) is 0 Å². The zero-order chi connectivity index (χ0) is 37.2. The van der Waals surface area contributed by atoms with Crippen LogP contribution in [0.25, 0.3) is 22.3 Å². The molecule has 32 heteroatoms. The Morgan fingerprint density at radius 3 is 2.11 bits per heavy atom. The van der Waals surface area contributed by atoms with E-state index in [-0.39, 0.29) is 46.4 Å². The van der Waals surface area contributed by atoms with Crippen molar-refractivity contribution in [2.45, 2.75) is 49.1 Å². The molecule has 296 valence electrons. The molecule has 0 saturated carbocycles. The van der Waals surface area contributed by atoms with Gasteiger partial charge in [-0.2, -0.15) is 0 Å². The maximum Gasteiger partial charge on any atom is 0.313 e. The summed E-state index contributed by atoms with van der Waals surface area (Å²) in [6.45, 7) is -2.32. The van der Waals surface area contributed by atoms with Crippen molar-refractivity contribution in [1.82, 2.24) is 46.4 Å². The van der Waals surface area contributed by atoms with Gasteiger partial charge in [0.2, 0.25) is 11.7 Å². The largest absolute Gasteiger partial charge is 0.756 e. The van der Waals surface area contributed by atoms with E-state index in [1.807, 2.05) is 0 Å². The number of nitrogens with zero attached hydrogens (tertiary/aromatic N) is 7. The predicted octanol–water partition coefficient (Wildman–Crippen LogP) is -4.98. The molecule has 0 bridgehead atoms. The molecule has 53 heavy (non-hydrogen) atoms. The van der Waals surface area contributed by atoms with Crippen molar-refractivity contribution in [3.8, 4) is 0 Å². The summed E-state index contributed by atoms with van der Waals surface area (Å²) in [5.74, 6) is -0.300. The van der Waals surface area contributed by atoms with E-state index in [1.165, 1.54) is 17.9 Å². The number of aliphatic hydroxyl groups excluding tert-OH is 4. The third kappa shape index (κ3) is 8.47. The molecule has 6 rings (SSSR count). The van der Waals surface area contributed by atoms with E-state index in [4.69, 9.17) is 20.9 Å². The summed E-state index contributed by atoms with van der Waals surface area (Å²) in [6, 6.07) is 0. The van der Waals surface area contributed by atoms with Crippen LogP contribution >= 0.6 is 23.5 Å². The number of aryl methyl sites for hydroxylation is 1. The van der Waals surface area contributed by atoms with Crippen LogP contribution in [0, 0.1) is 0 Å². The van der Waals surface area contributed by atoms with Crippen molar-refractivity contribution in [2.24, 2.45) is 7.05 Å².